The van der Waals surface area contributed by atoms with Crippen molar-refractivity contribution in [1.82, 2.24) is 0 Å². The Kier molecular flexibility index (Phi) is 38.4. The van der Waals surface area contributed by atoms with Gasteiger partial charge in [-0.05, 0) is 25.2 Å². The van der Waals surface area contributed by atoms with Crippen LogP contribution in [-0.4, -0.2) is 37.2 Å². The lowest BCUT2D eigenvalue weighted by Crippen LogP contribution is -2.30. The van der Waals surface area contributed by atoms with E-state index in [1.54, 1.807) is 0 Å². The van der Waals surface area contributed by atoms with Gasteiger partial charge in [0.05, 0.1) is 0 Å². The van der Waals surface area contributed by atoms with Crippen molar-refractivity contribution >= 4 is 17.9 Å². The average Bonchev–Trinajstić information content (AvgIpc) is 3.11. The van der Waals surface area contributed by atoms with Crippen LogP contribution in [0.5, 0.6) is 0 Å². The van der Waals surface area contributed by atoms with E-state index in [1.165, 1.54) is 141 Å². The number of hydrogen-bond donors (Lipinski definition) is 0. The van der Waals surface area contributed by atoms with Crippen molar-refractivity contribution in [1.29, 1.82) is 0 Å². The molecule has 0 aromatic carbocycles. The SMILES string of the molecule is CCCCCCCCCC(=O)OC[C@H](COC(=O)CCCCCCCCCCCCCCCCCCC(C)C)OC(=O)CCCCCCCCC. The molecule has 0 N–H and O–H groups in total. The molecule has 0 aromatic rings. The maximum absolute atomic E-state index is 12.6. The van der Waals surface area contributed by atoms with Gasteiger partial charge in [0.25, 0.3) is 0 Å². The molecule has 0 saturated carbocycles. The first-order valence-electron chi connectivity index (χ1n) is 22.4. The predicted molar refractivity (Wildman–Crippen MR) is 215 cm³/mol. The number of rotatable bonds is 40. The predicted octanol–water partition coefficient (Wildman–Crippen LogP) is 13.9. The van der Waals surface area contributed by atoms with E-state index in [0.29, 0.717) is 19.3 Å². The summed E-state index contributed by atoms with van der Waals surface area (Å²) in [5.41, 5.74) is 0. The molecule has 0 amide bonds. The molecule has 0 unspecified atom stereocenters. The summed E-state index contributed by atoms with van der Waals surface area (Å²) in [5, 5.41) is 0. The van der Waals surface area contributed by atoms with Gasteiger partial charge in [-0.25, -0.2) is 0 Å². The Morgan fingerprint density at radius 1 is 0.373 bits per heavy atom. The van der Waals surface area contributed by atoms with E-state index in [2.05, 4.69) is 27.7 Å². The Bertz CT molecular complexity index is 766. The van der Waals surface area contributed by atoms with E-state index < -0.39 is 6.10 Å². The van der Waals surface area contributed by atoms with Gasteiger partial charge < -0.3 is 14.2 Å². The van der Waals surface area contributed by atoms with Gasteiger partial charge in [0.1, 0.15) is 13.2 Å². The van der Waals surface area contributed by atoms with Crippen LogP contribution in [0.3, 0.4) is 0 Å². The Morgan fingerprint density at radius 3 is 0.961 bits per heavy atom. The van der Waals surface area contributed by atoms with Gasteiger partial charge in [0, 0.05) is 19.3 Å². The van der Waals surface area contributed by atoms with Crippen LogP contribution in [0.15, 0.2) is 0 Å². The Morgan fingerprint density at radius 2 is 0.647 bits per heavy atom. The van der Waals surface area contributed by atoms with E-state index in [-0.39, 0.29) is 31.1 Å². The summed E-state index contributed by atoms with van der Waals surface area (Å²) in [6.07, 6.45) is 38.3. The molecule has 0 bridgehead atoms. The van der Waals surface area contributed by atoms with Crippen LogP contribution in [0.25, 0.3) is 0 Å². The summed E-state index contributed by atoms with van der Waals surface area (Å²) < 4.78 is 16.6. The van der Waals surface area contributed by atoms with Crippen molar-refractivity contribution in [3.05, 3.63) is 0 Å². The fraction of sp³-hybridized carbons (Fsp3) is 0.933. The lowest BCUT2D eigenvalue weighted by atomic mass is 10.0. The molecule has 0 aliphatic heterocycles. The van der Waals surface area contributed by atoms with Gasteiger partial charge in [-0.1, -0.05) is 207 Å². The molecule has 0 aliphatic carbocycles. The summed E-state index contributed by atoms with van der Waals surface area (Å²) in [7, 11) is 0. The zero-order valence-electron chi connectivity index (χ0n) is 34.6. The van der Waals surface area contributed by atoms with Crippen molar-refractivity contribution in [3.8, 4) is 0 Å². The van der Waals surface area contributed by atoms with Crippen LogP contribution in [-0.2, 0) is 28.6 Å². The molecule has 6 nitrogen and oxygen atoms in total. The summed E-state index contributed by atoms with van der Waals surface area (Å²) >= 11 is 0. The van der Waals surface area contributed by atoms with Crippen LogP contribution < -0.4 is 0 Å². The zero-order chi connectivity index (χ0) is 37.5. The third kappa shape index (κ3) is 39.5. The maximum atomic E-state index is 12.6. The monoisotopic (exact) mass is 723 g/mol. The van der Waals surface area contributed by atoms with E-state index in [0.717, 1.165) is 63.7 Å². The van der Waals surface area contributed by atoms with Crippen LogP contribution >= 0.6 is 0 Å². The molecule has 51 heavy (non-hydrogen) atoms. The molecular weight excluding hydrogens is 636 g/mol. The number of carbonyl (C=O) groups excluding carboxylic acids is 3. The van der Waals surface area contributed by atoms with Gasteiger partial charge >= 0.3 is 17.9 Å². The largest absolute Gasteiger partial charge is 0.462 e. The number of unbranched alkanes of at least 4 members (excludes halogenated alkanes) is 27. The molecule has 0 rings (SSSR count). The van der Waals surface area contributed by atoms with Crippen LogP contribution in [0, 0.1) is 5.92 Å². The lowest BCUT2D eigenvalue weighted by molar-refractivity contribution is -0.167. The van der Waals surface area contributed by atoms with Gasteiger partial charge in [-0.15, -0.1) is 0 Å². The van der Waals surface area contributed by atoms with Crippen molar-refractivity contribution < 1.29 is 28.6 Å². The molecule has 0 aromatic heterocycles. The van der Waals surface area contributed by atoms with Crippen molar-refractivity contribution in [2.45, 2.75) is 252 Å². The second-order valence-electron chi connectivity index (χ2n) is 15.8. The van der Waals surface area contributed by atoms with Gasteiger partial charge in [-0.2, -0.15) is 0 Å². The highest BCUT2D eigenvalue weighted by Crippen LogP contribution is 2.16. The second-order valence-corrected chi connectivity index (χ2v) is 15.8. The number of esters is 3. The Balaban J connectivity index is 4.09. The fourth-order valence-electron chi connectivity index (χ4n) is 6.63. The normalized spacial score (nSPS) is 11.9. The topological polar surface area (TPSA) is 78.9 Å². The lowest BCUT2D eigenvalue weighted by Gasteiger charge is -2.18. The highest BCUT2D eigenvalue weighted by Gasteiger charge is 2.19. The van der Waals surface area contributed by atoms with Crippen molar-refractivity contribution in [3.63, 3.8) is 0 Å². The molecule has 6 heteroatoms. The molecule has 0 spiro atoms. The third-order valence-corrected chi connectivity index (χ3v) is 10.0. The minimum Gasteiger partial charge on any atom is -0.462 e. The van der Waals surface area contributed by atoms with E-state index in [1.807, 2.05) is 0 Å². The quantitative estimate of drug-likeness (QED) is 0.0356. The molecule has 0 saturated heterocycles. The average molecular weight is 723 g/mol. The standard InChI is InChI=1S/C45H86O6/c1-5-7-9-11-23-28-32-36-43(46)49-39-42(51-45(48)38-34-30-24-12-10-8-6-2)40-50-44(47)37-33-29-26-22-20-18-16-14-13-15-17-19-21-25-27-31-35-41(3)4/h41-42H,5-40H2,1-4H3/t42-/m1/s1. The number of ether oxygens (including phenoxy) is 3. The Hall–Kier alpha value is -1.59. The van der Waals surface area contributed by atoms with Gasteiger partial charge in [-0.3, -0.25) is 14.4 Å². The Labute approximate surface area is 317 Å². The molecule has 0 heterocycles. The first-order valence-corrected chi connectivity index (χ1v) is 22.4. The smallest absolute Gasteiger partial charge is 0.306 e. The van der Waals surface area contributed by atoms with Crippen molar-refractivity contribution in [2.75, 3.05) is 13.2 Å². The van der Waals surface area contributed by atoms with Gasteiger partial charge in [0.2, 0.25) is 0 Å². The minimum absolute atomic E-state index is 0.0647. The number of carbonyl (C=O) groups is 3. The van der Waals surface area contributed by atoms with Crippen molar-refractivity contribution in [2.24, 2.45) is 5.92 Å². The van der Waals surface area contributed by atoms with E-state index in [4.69, 9.17) is 14.2 Å². The van der Waals surface area contributed by atoms with E-state index >= 15 is 0 Å². The molecule has 0 fully saturated rings. The molecular formula is C45H86O6. The van der Waals surface area contributed by atoms with Crippen LogP contribution in [0.1, 0.15) is 246 Å². The molecule has 0 radical (unpaired) electrons. The maximum Gasteiger partial charge on any atom is 0.306 e. The number of hydrogen-bond acceptors (Lipinski definition) is 6. The van der Waals surface area contributed by atoms with E-state index in [9.17, 15) is 14.4 Å². The molecule has 302 valence electrons. The third-order valence-electron chi connectivity index (χ3n) is 10.0. The first kappa shape index (κ1) is 49.4. The summed E-state index contributed by atoms with van der Waals surface area (Å²) in [5.74, 6) is -0.0160. The van der Waals surface area contributed by atoms with Gasteiger partial charge in [0.15, 0.2) is 6.10 Å². The summed E-state index contributed by atoms with van der Waals surface area (Å²) in [6.45, 7) is 8.93. The summed E-state index contributed by atoms with van der Waals surface area (Å²) in [6, 6.07) is 0. The van der Waals surface area contributed by atoms with Crippen LogP contribution in [0.4, 0.5) is 0 Å². The minimum atomic E-state index is -0.756. The van der Waals surface area contributed by atoms with Crippen LogP contribution in [0.2, 0.25) is 0 Å². The highest BCUT2D eigenvalue weighted by atomic mass is 16.6. The second kappa shape index (κ2) is 39.6. The fourth-order valence-corrected chi connectivity index (χ4v) is 6.63. The first-order chi connectivity index (χ1) is 24.9. The molecule has 1 atom stereocenters. The summed E-state index contributed by atoms with van der Waals surface area (Å²) in [4.78, 5) is 37.4. The molecule has 0 aliphatic rings. The highest BCUT2D eigenvalue weighted by molar-refractivity contribution is 5.71. The zero-order valence-corrected chi connectivity index (χ0v) is 34.6.